The highest BCUT2D eigenvalue weighted by atomic mass is 16.5. The highest BCUT2D eigenvalue weighted by Crippen LogP contribution is 2.15. The summed E-state index contributed by atoms with van der Waals surface area (Å²) < 4.78 is 4.63. The summed E-state index contributed by atoms with van der Waals surface area (Å²) in [5.41, 5.74) is 5.74. The molecule has 1 fully saturated rings. The van der Waals surface area contributed by atoms with Crippen molar-refractivity contribution in [1.82, 2.24) is 9.80 Å². The van der Waals surface area contributed by atoms with Crippen molar-refractivity contribution in [2.45, 2.75) is 38.8 Å². The van der Waals surface area contributed by atoms with Crippen molar-refractivity contribution < 1.29 is 9.53 Å². The van der Waals surface area contributed by atoms with Crippen LogP contribution in [0.1, 0.15) is 26.7 Å². The summed E-state index contributed by atoms with van der Waals surface area (Å²) in [5.74, 6) is -0.311. The van der Waals surface area contributed by atoms with Gasteiger partial charge in [0.1, 0.15) is 6.04 Å². The maximum atomic E-state index is 11.2. The Labute approximate surface area is 110 Å². The Morgan fingerprint density at radius 2 is 2.17 bits per heavy atom. The molecule has 0 radical (unpaired) electrons. The normalized spacial score (nSPS) is 22.4. The standard InChI is InChI=1S/C13H27N3O2/c1-4-16(5-2)11-6-8-15(10-11)9-7-12(14)13(17)18-3/h11-12H,4-10,14H2,1-3H3. The number of nitrogens with two attached hydrogens (primary N) is 1. The van der Waals surface area contributed by atoms with E-state index in [1.54, 1.807) is 0 Å². The number of carbonyl (C=O) groups excluding carboxylic acids is 1. The number of likely N-dealkylation sites (N-methyl/N-ethyl adjacent to an activating group) is 1. The summed E-state index contributed by atoms with van der Waals surface area (Å²) in [7, 11) is 1.38. The van der Waals surface area contributed by atoms with Crippen LogP contribution in [0.3, 0.4) is 0 Å². The average molecular weight is 257 g/mol. The van der Waals surface area contributed by atoms with Crippen LogP contribution in [-0.4, -0.2) is 67.7 Å². The minimum atomic E-state index is -0.484. The van der Waals surface area contributed by atoms with Gasteiger partial charge in [0.05, 0.1) is 7.11 Å². The van der Waals surface area contributed by atoms with Crippen LogP contribution in [0.5, 0.6) is 0 Å². The molecule has 0 amide bonds. The molecule has 1 aliphatic heterocycles. The van der Waals surface area contributed by atoms with Gasteiger partial charge in [-0.1, -0.05) is 13.8 Å². The Bertz CT molecular complexity index is 257. The molecule has 0 aromatic heterocycles. The molecule has 1 aliphatic rings. The van der Waals surface area contributed by atoms with Crippen LogP contribution in [0.2, 0.25) is 0 Å². The number of hydrogen-bond acceptors (Lipinski definition) is 5. The third-order valence-corrected chi connectivity index (χ3v) is 3.84. The molecule has 2 atom stereocenters. The summed E-state index contributed by atoms with van der Waals surface area (Å²) >= 11 is 0. The first-order valence-corrected chi connectivity index (χ1v) is 6.92. The van der Waals surface area contributed by atoms with Crippen LogP contribution in [0.15, 0.2) is 0 Å². The third-order valence-electron chi connectivity index (χ3n) is 3.84. The van der Waals surface area contributed by atoms with Crippen molar-refractivity contribution in [2.24, 2.45) is 5.73 Å². The number of rotatable bonds is 7. The Hall–Kier alpha value is -0.650. The fourth-order valence-electron chi connectivity index (χ4n) is 2.64. The topological polar surface area (TPSA) is 58.8 Å². The SMILES string of the molecule is CCN(CC)C1CCN(CCC(N)C(=O)OC)C1. The molecule has 1 rings (SSSR count). The number of methoxy groups -OCH3 is 1. The van der Waals surface area contributed by atoms with Crippen LogP contribution in [0, 0.1) is 0 Å². The Kier molecular flexibility index (Phi) is 6.60. The van der Waals surface area contributed by atoms with E-state index in [9.17, 15) is 4.79 Å². The molecule has 0 spiro atoms. The quantitative estimate of drug-likeness (QED) is 0.665. The molecule has 0 saturated carbocycles. The lowest BCUT2D eigenvalue weighted by atomic mass is 10.2. The monoisotopic (exact) mass is 257 g/mol. The number of nitrogens with zero attached hydrogens (tertiary/aromatic N) is 2. The lowest BCUT2D eigenvalue weighted by Crippen LogP contribution is -2.39. The highest BCUT2D eigenvalue weighted by molar-refractivity contribution is 5.75. The van der Waals surface area contributed by atoms with E-state index < -0.39 is 6.04 Å². The van der Waals surface area contributed by atoms with E-state index in [4.69, 9.17) is 5.73 Å². The summed E-state index contributed by atoms with van der Waals surface area (Å²) in [6.07, 6.45) is 1.90. The molecule has 0 aromatic carbocycles. The molecule has 0 aliphatic carbocycles. The highest BCUT2D eigenvalue weighted by Gasteiger charge is 2.26. The minimum Gasteiger partial charge on any atom is -0.468 e. The van der Waals surface area contributed by atoms with Gasteiger partial charge in [-0.05, 0) is 32.5 Å². The average Bonchev–Trinajstić information content (AvgIpc) is 2.85. The van der Waals surface area contributed by atoms with Crippen LogP contribution in [-0.2, 0) is 9.53 Å². The summed E-state index contributed by atoms with van der Waals surface area (Å²) in [6.45, 7) is 9.71. The molecular formula is C13H27N3O2. The van der Waals surface area contributed by atoms with Gasteiger partial charge in [0.15, 0.2) is 0 Å². The van der Waals surface area contributed by atoms with Gasteiger partial charge < -0.3 is 15.4 Å². The van der Waals surface area contributed by atoms with Gasteiger partial charge in [-0.25, -0.2) is 0 Å². The number of likely N-dealkylation sites (tertiary alicyclic amines) is 1. The number of hydrogen-bond donors (Lipinski definition) is 1. The van der Waals surface area contributed by atoms with Crippen molar-refractivity contribution >= 4 is 5.97 Å². The van der Waals surface area contributed by atoms with Gasteiger partial charge in [0.25, 0.3) is 0 Å². The molecule has 2 N–H and O–H groups in total. The Morgan fingerprint density at radius 3 is 2.72 bits per heavy atom. The second-order valence-corrected chi connectivity index (χ2v) is 4.88. The zero-order valence-corrected chi connectivity index (χ0v) is 11.9. The van der Waals surface area contributed by atoms with Gasteiger partial charge in [-0.3, -0.25) is 9.69 Å². The first-order chi connectivity index (χ1) is 8.62. The van der Waals surface area contributed by atoms with E-state index in [0.29, 0.717) is 12.5 Å². The zero-order chi connectivity index (χ0) is 13.5. The maximum absolute atomic E-state index is 11.2. The minimum absolute atomic E-state index is 0.311. The Morgan fingerprint density at radius 1 is 1.50 bits per heavy atom. The van der Waals surface area contributed by atoms with Gasteiger partial charge in [0, 0.05) is 19.1 Å². The van der Waals surface area contributed by atoms with Gasteiger partial charge >= 0.3 is 5.97 Å². The fourth-order valence-corrected chi connectivity index (χ4v) is 2.64. The van der Waals surface area contributed by atoms with Crippen LogP contribution < -0.4 is 5.73 Å². The van der Waals surface area contributed by atoms with Crippen molar-refractivity contribution in [3.05, 3.63) is 0 Å². The van der Waals surface area contributed by atoms with Crippen molar-refractivity contribution in [2.75, 3.05) is 39.8 Å². The smallest absolute Gasteiger partial charge is 0.322 e. The van der Waals surface area contributed by atoms with Crippen LogP contribution in [0.25, 0.3) is 0 Å². The summed E-state index contributed by atoms with van der Waals surface area (Å²) in [6, 6.07) is 0.178. The second kappa shape index (κ2) is 7.71. The zero-order valence-electron chi connectivity index (χ0n) is 11.9. The van der Waals surface area contributed by atoms with Crippen LogP contribution in [0.4, 0.5) is 0 Å². The maximum Gasteiger partial charge on any atom is 0.322 e. The number of carbonyl (C=O) groups is 1. The first-order valence-electron chi connectivity index (χ1n) is 6.92. The summed E-state index contributed by atoms with van der Waals surface area (Å²) in [4.78, 5) is 16.1. The predicted molar refractivity (Wildman–Crippen MR) is 72.4 cm³/mol. The van der Waals surface area contributed by atoms with Crippen molar-refractivity contribution in [3.8, 4) is 0 Å². The van der Waals surface area contributed by atoms with Gasteiger partial charge in [-0.2, -0.15) is 0 Å². The van der Waals surface area contributed by atoms with Gasteiger partial charge in [-0.15, -0.1) is 0 Å². The molecule has 18 heavy (non-hydrogen) atoms. The van der Waals surface area contributed by atoms with E-state index in [1.165, 1.54) is 13.5 Å². The fraction of sp³-hybridized carbons (Fsp3) is 0.923. The molecule has 106 valence electrons. The molecular weight excluding hydrogens is 230 g/mol. The van der Waals surface area contributed by atoms with Crippen LogP contribution >= 0.6 is 0 Å². The van der Waals surface area contributed by atoms with E-state index in [0.717, 1.165) is 32.7 Å². The number of esters is 1. The van der Waals surface area contributed by atoms with E-state index >= 15 is 0 Å². The molecule has 1 heterocycles. The molecule has 5 heteroatoms. The molecule has 0 aromatic rings. The molecule has 1 saturated heterocycles. The predicted octanol–water partition coefficient (Wildman–Crippen LogP) is 0.293. The van der Waals surface area contributed by atoms with Crippen molar-refractivity contribution in [3.63, 3.8) is 0 Å². The first kappa shape index (κ1) is 15.4. The van der Waals surface area contributed by atoms with E-state index in [2.05, 4.69) is 28.4 Å². The molecule has 0 bridgehead atoms. The second-order valence-electron chi connectivity index (χ2n) is 4.88. The summed E-state index contributed by atoms with van der Waals surface area (Å²) in [5, 5.41) is 0. The molecule has 5 nitrogen and oxygen atoms in total. The van der Waals surface area contributed by atoms with Crippen molar-refractivity contribution in [1.29, 1.82) is 0 Å². The largest absolute Gasteiger partial charge is 0.468 e. The Balaban J connectivity index is 2.28. The van der Waals surface area contributed by atoms with E-state index in [1.807, 2.05) is 0 Å². The lowest BCUT2D eigenvalue weighted by Gasteiger charge is -2.26. The number of ether oxygens (including phenoxy) is 1. The molecule has 2 unspecified atom stereocenters. The van der Waals surface area contributed by atoms with E-state index in [-0.39, 0.29) is 5.97 Å². The lowest BCUT2D eigenvalue weighted by molar-refractivity contribution is -0.142. The van der Waals surface area contributed by atoms with Gasteiger partial charge in [0.2, 0.25) is 0 Å². The third kappa shape index (κ3) is 4.23.